The fraction of sp³-hybridized carbons (Fsp3) is 0.0833. The maximum absolute atomic E-state index is 12.5. The van der Waals surface area contributed by atoms with Crippen molar-refractivity contribution >= 4 is 35.1 Å². The molecule has 0 saturated carbocycles. The van der Waals surface area contributed by atoms with Crippen LogP contribution in [0.15, 0.2) is 84.9 Å². The monoisotopic (exact) mass is 404 g/mol. The van der Waals surface area contributed by atoms with Gasteiger partial charge in [0, 0.05) is 16.3 Å². The van der Waals surface area contributed by atoms with E-state index in [-0.39, 0.29) is 11.7 Å². The molecule has 0 aliphatic carbocycles. The van der Waals surface area contributed by atoms with Crippen LogP contribution in [0.25, 0.3) is 6.08 Å². The number of nitrogens with two attached hydrogens (primary N) is 1. The molecule has 0 saturated heterocycles. The predicted molar refractivity (Wildman–Crippen MR) is 118 cm³/mol. The summed E-state index contributed by atoms with van der Waals surface area (Å²) in [4.78, 5) is 24.9. The summed E-state index contributed by atoms with van der Waals surface area (Å²) >= 11 is 5.95. The summed E-state index contributed by atoms with van der Waals surface area (Å²) in [7, 11) is 0. The number of ketones is 1. The second kappa shape index (κ2) is 9.82. The van der Waals surface area contributed by atoms with Gasteiger partial charge in [0.15, 0.2) is 5.78 Å². The summed E-state index contributed by atoms with van der Waals surface area (Å²) in [5, 5.41) is 3.39. The van der Waals surface area contributed by atoms with E-state index in [1.165, 1.54) is 6.08 Å². The molecule has 0 heterocycles. The van der Waals surface area contributed by atoms with Gasteiger partial charge in [-0.15, -0.1) is 0 Å². The molecule has 0 fully saturated rings. The molecule has 3 aromatic rings. The molecule has 1 atom stereocenters. The fourth-order valence-electron chi connectivity index (χ4n) is 2.82. The first kappa shape index (κ1) is 20.5. The van der Waals surface area contributed by atoms with E-state index in [1.54, 1.807) is 42.5 Å². The molecular formula is C24H21ClN2O2. The van der Waals surface area contributed by atoms with Crippen molar-refractivity contribution < 1.29 is 9.59 Å². The van der Waals surface area contributed by atoms with Crippen LogP contribution in [0.1, 0.15) is 21.5 Å². The van der Waals surface area contributed by atoms with E-state index in [1.807, 2.05) is 42.5 Å². The second-order valence-electron chi connectivity index (χ2n) is 6.62. The minimum atomic E-state index is -0.681. The van der Waals surface area contributed by atoms with Crippen LogP contribution in [0.3, 0.4) is 0 Å². The van der Waals surface area contributed by atoms with Crippen LogP contribution in [-0.2, 0) is 11.2 Å². The number of allylic oxidation sites excluding steroid dienone is 1. The average Bonchev–Trinajstić information content (AvgIpc) is 2.73. The zero-order chi connectivity index (χ0) is 20.6. The Morgan fingerprint density at radius 2 is 1.72 bits per heavy atom. The third-order valence-electron chi connectivity index (χ3n) is 4.33. The summed E-state index contributed by atoms with van der Waals surface area (Å²) < 4.78 is 0. The summed E-state index contributed by atoms with van der Waals surface area (Å²) in [6.07, 6.45) is 3.62. The minimum Gasteiger partial charge on any atom is -0.325 e. The van der Waals surface area contributed by atoms with Crippen molar-refractivity contribution in [1.82, 2.24) is 0 Å². The van der Waals surface area contributed by atoms with Crippen molar-refractivity contribution in [2.45, 2.75) is 12.5 Å². The molecule has 0 radical (unpaired) electrons. The Hall–Kier alpha value is -3.21. The van der Waals surface area contributed by atoms with Gasteiger partial charge in [-0.3, -0.25) is 9.59 Å². The Morgan fingerprint density at radius 3 is 2.48 bits per heavy atom. The van der Waals surface area contributed by atoms with E-state index in [2.05, 4.69) is 5.32 Å². The molecule has 146 valence electrons. The van der Waals surface area contributed by atoms with Crippen molar-refractivity contribution in [2.24, 2.45) is 5.73 Å². The second-order valence-corrected chi connectivity index (χ2v) is 7.06. The number of hydrogen-bond donors (Lipinski definition) is 2. The van der Waals surface area contributed by atoms with Crippen molar-refractivity contribution in [2.75, 3.05) is 5.32 Å². The van der Waals surface area contributed by atoms with Crippen LogP contribution < -0.4 is 11.1 Å². The van der Waals surface area contributed by atoms with Gasteiger partial charge in [0.1, 0.15) is 0 Å². The summed E-state index contributed by atoms with van der Waals surface area (Å²) in [6, 6.07) is 22.9. The first-order chi connectivity index (χ1) is 14.0. The number of carbonyl (C=O) groups excluding carboxylic acids is 2. The van der Waals surface area contributed by atoms with Crippen molar-refractivity contribution in [3.63, 3.8) is 0 Å². The van der Waals surface area contributed by atoms with E-state index in [0.717, 1.165) is 11.1 Å². The van der Waals surface area contributed by atoms with Crippen LogP contribution in [-0.4, -0.2) is 17.7 Å². The standard InChI is InChI=1S/C24H21ClN2O2/c25-20-10-4-8-18(14-20)12-13-23(28)19-9-5-11-21(16-19)27-24(29)22(26)15-17-6-2-1-3-7-17/h1-14,16,22H,15,26H2,(H,27,29)/b13-12+. The number of rotatable bonds is 7. The lowest BCUT2D eigenvalue weighted by molar-refractivity contribution is -0.117. The van der Waals surface area contributed by atoms with Gasteiger partial charge in [-0.1, -0.05) is 72.3 Å². The van der Waals surface area contributed by atoms with Crippen LogP contribution >= 0.6 is 11.6 Å². The van der Waals surface area contributed by atoms with Gasteiger partial charge in [-0.05, 0) is 47.9 Å². The molecule has 29 heavy (non-hydrogen) atoms. The maximum atomic E-state index is 12.5. The largest absolute Gasteiger partial charge is 0.325 e. The highest BCUT2D eigenvalue weighted by molar-refractivity contribution is 6.30. The normalized spacial score (nSPS) is 11.9. The lowest BCUT2D eigenvalue weighted by atomic mass is 10.1. The van der Waals surface area contributed by atoms with Crippen molar-refractivity contribution in [1.29, 1.82) is 0 Å². The molecule has 0 aromatic heterocycles. The molecule has 0 aliphatic heterocycles. The molecule has 0 bridgehead atoms. The molecule has 4 nitrogen and oxygen atoms in total. The molecule has 5 heteroatoms. The van der Waals surface area contributed by atoms with E-state index < -0.39 is 6.04 Å². The van der Waals surface area contributed by atoms with Crippen molar-refractivity contribution in [3.8, 4) is 0 Å². The first-order valence-electron chi connectivity index (χ1n) is 9.20. The van der Waals surface area contributed by atoms with E-state index in [4.69, 9.17) is 17.3 Å². The van der Waals surface area contributed by atoms with Crippen LogP contribution in [0, 0.1) is 0 Å². The van der Waals surface area contributed by atoms with Crippen LogP contribution in [0.4, 0.5) is 5.69 Å². The highest BCUT2D eigenvalue weighted by Gasteiger charge is 2.14. The number of carbonyl (C=O) groups is 2. The molecule has 1 unspecified atom stereocenters. The summed E-state index contributed by atoms with van der Waals surface area (Å²) in [5.41, 5.74) is 8.84. The van der Waals surface area contributed by atoms with Gasteiger partial charge in [0.25, 0.3) is 0 Å². The Morgan fingerprint density at radius 1 is 0.966 bits per heavy atom. The molecule has 0 aliphatic rings. The van der Waals surface area contributed by atoms with Gasteiger partial charge >= 0.3 is 0 Å². The van der Waals surface area contributed by atoms with Gasteiger partial charge in [0.2, 0.25) is 5.91 Å². The van der Waals surface area contributed by atoms with Crippen molar-refractivity contribution in [3.05, 3.63) is 107 Å². The van der Waals surface area contributed by atoms with Gasteiger partial charge < -0.3 is 11.1 Å². The van der Waals surface area contributed by atoms with Gasteiger partial charge in [0.05, 0.1) is 6.04 Å². The zero-order valence-corrected chi connectivity index (χ0v) is 16.5. The fourth-order valence-corrected chi connectivity index (χ4v) is 3.02. The molecule has 3 aromatic carbocycles. The molecule has 3 rings (SSSR count). The number of nitrogens with one attached hydrogen (secondary N) is 1. The molecule has 3 N–H and O–H groups in total. The van der Waals surface area contributed by atoms with E-state index in [9.17, 15) is 9.59 Å². The maximum Gasteiger partial charge on any atom is 0.241 e. The number of anilines is 1. The third-order valence-corrected chi connectivity index (χ3v) is 4.56. The minimum absolute atomic E-state index is 0.172. The van der Waals surface area contributed by atoms with Crippen LogP contribution in [0.2, 0.25) is 5.02 Å². The van der Waals surface area contributed by atoms with Crippen LogP contribution in [0.5, 0.6) is 0 Å². The number of halogens is 1. The SMILES string of the molecule is NC(Cc1ccccc1)C(=O)Nc1cccc(C(=O)/C=C/c2cccc(Cl)c2)c1. The van der Waals surface area contributed by atoms with E-state index >= 15 is 0 Å². The topological polar surface area (TPSA) is 72.2 Å². The highest BCUT2D eigenvalue weighted by atomic mass is 35.5. The number of benzene rings is 3. The lowest BCUT2D eigenvalue weighted by Gasteiger charge is -2.13. The number of hydrogen-bond acceptors (Lipinski definition) is 3. The number of amides is 1. The summed E-state index contributed by atoms with van der Waals surface area (Å²) in [6.45, 7) is 0. The lowest BCUT2D eigenvalue weighted by Crippen LogP contribution is -2.37. The average molecular weight is 405 g/mol. The molecule has 0 spiro atoms. The zero-order valence-electron chi connectivity index (χ0n) is 15.7. The Kier molecular flexibility index (Phi) is 6.95. The highest BCUT2D eigenvalue weighted by Crippen LogP contribution is 2.15. The van der Waals surface area contributed by atoms with E-state index in [0.29, 0.717) is 22.7 Å². The summed E-state index contributed by atoms with van der Waals surface area (Å²) in [5.74, 6) is -0.470. The predicted octanol–water partition coefficient (Wildman–Crippen LogP) is 4.74. The Labute approximate surface area is 175 Å². The van der Waals surface area contributed by atoms with Gasteiger partial charge in [-0.2, -0.15) is 0 Å². The Balaban J connectivity index is 1.64. The third kappa shape index (κ3) is 6.14. The first-order valence-corrected chi connectivity index (χ1v) is 9.57. The Bertz CT molecular complexity index is 1030. The quantitative estimate of drug-likeness (QED) is 0.441. The van der Waals surface area contributed by atoms with Gasteiger partial charge in [-0.25, -0.2) is 0 Å². The smallest absolute Gasteiger partial charge is 0.241 e. The molecule has 1 amide bonds. The molecular weight excluding hydrogens is 384 g/mol.